The van der Waals surface area contributed by atoms with Gasteiger partial charge in [-0.3, -0.25) is 9.59 Å². The van der Waals surface area contributed by atoms with Crippen LogP contribution in [0.25, 0.3) is 0 Å². The van der Waals surface area contributed by atoms with Crippen LogP contribution >= 0.6 is 15.9 Å². The summed E-state index contributed by atoms with van der Waals surface area (Å²) in [5.74, 6) is 6.02. The number of carbonyl (C=O) groups is 2. The minimum Gasteiger partial charge on any atom is -0.481 e. The van der Waals surface area contributed by atoms with Gasteiger partial charge >= 0.3 is 0 Å². The molecule has 1 unspecified atom stereocenters. The number of carbonyl (C=O) groups excluding carboxylic acids is 2. The SMILES string of the molecule is CN1CC(C(=O)NCC#CCOc2cccc(Br)c2)CC1=O. The Morgan fingerprint density at radius 3 is 3.00 bits per heavy atom. The third-order valence-corrected chi connectivity index (χ3v) is 3.79. The molecule has 1 atom stereocenters. The van der Waals surface area contributed by atoms with Crippen LogP contribution in [0.5, 0.6) is 5.75 Å². The molecule has 1 fully saturated rings. The van der Waals surface area contributed by atoms with Crippen molar-refractivity contribution in [2.75, 3.05) is 26.7 Å². The lowest BCUT2D eigenvalue weighted by Gasteiger charge is -2.09. The van der Waals surface area contributed by atoms with Crippen LogP contribution in [-0.2, 0) is 9.59 Å². The van der Waals surface area contributed by atoms with Gasteiger partial charge < -0.3 is 15.0 Å². The summed E-state index contributed by atoms with van der Waals surface area (Å²) in [6.07, 6.45) is 0.280. The molecule has 1 heterocycles. The summed E-state index contributed by atoms with van der Waals surface area (Å²) in [5.41, 5.74) is 0. The lowest BCUT2D eigenvalue weighted by molar-refractivity contribution is -0.128. The van der Waals surface area contributed by atoms with Crippen LogP contribution in [0, 0.1) is 17.8 Å². The molecule has 1 aromatic rings. The molecule has 1 aliphatic rings. The highest BCUT2D eigenvalue weighted by Gasteiger charge is 2.31. The van der Waals surface area contributed by atoms with Crippen LogP contribution in [0.1, 0.15) is 6.42 Å². The van der Waals surface area contributed by atoms with Gasteiger partial charge in [0.1, 0.15) is 12.4 Å². The molecule has 1 saturated heterocycles. The molecular weight excluding hydrogens is 348 g/mol. The van der Waals surface area contributed by atoms with E-state index in [1.165, 1.54) is 0 Å². The second-order valence-electron chi connectivity index (χ2n) is 4.99. The molecule has 6 heteroatoms. The predicted octanol–water partition coefficient (Wildman–Crippen LogP) is 1.43. The third kappa shape index (κ3) is 4.78. The maximum atomic E-state index is 11.8. The molecule has 1 aliphatic heterocycles. The van der Waals surface area contributed by atoms with Gasteiger partial charge in [0.05, 0.1) is 12.5 Å². The highest BCUT2D eigenvalue weighted by atomic mass is 79.9. The molecule has 0 bridgehead atoms. The first kappa shape index (κ1) is 16.4. The first-order valence-electron chi connectivity index (χ1n) is 6.92. The molecule has 0 aromatic heterocycles. The Labute approximate surface area is 138 Å². The smallest absolute Gasteiger partial charge is 0.226 e. The molecular formula is C16H17BrN2O3. The van der Waals surface area contributed by atoms with Crippen molar-refractivity contribution in [2.24, 2.45) is 5.92 Å². The normalized spacial score (nSPS) is 16.9. The topological polar surface area (TPSA) is 58.6 Å². The van der Waals surface area contributed by atoms with Crippen molar-refractivity contribution in [3.63, 3.8) is 0 Å². The average Bonchev–Trinajstić information content (AvgIpc) is 2.82. The van der Waals surface area contributed by atoms with E-state index < -0.39 is 0 Å². The summed E-state index contributed by atoms with van der Waals surface area (Å²) >= 11 is 3.36. The van der Waals surface area contributed by atoms with Gasteiger partial charge in [-0.25, -0.2) is 0 Å². The van der Waals surface area contributed by atoms with Gasteiger partial charge in [-0.1, -0.05) is 33.8 Å². The molecule has 0 saturated carbocycles. The number of halogens is 1. The zero-order chi connectivity index (χ0) is 15.9. The minimum atomic E-state index is -0.266. The van der Waals surface area contributed by atoms with E-state index in [0.717, 1.165) is 10.2 Å². The molecule has 2 amide bonds. The monoisotopic (exact) mass is 364 g/mol. The number of hydrogen-bond acceptors (Lipinski definition) is 3. The van der Waals surface area contributed by atoms with Crippen LogP contribution in [0.15, 0.2) is 28.7 Å². The van der Waals surface area contributed by atoms with E-state index in [-0.39, 0.29) is 37.3 Å². The van der Waals surface area contributed by atoms with Gasteiger partial charge in [0.25, 0.3) is 0 Å². The molecule has 0 aliphatic carbocycles. The first-order chi connectivity index (χ1) is 10.6. The van der Waals surface area contributed by atoms with E-state index >= 15 is 0 Å². The van der Waals surface area contributed by atoms with Gasteiger partial charge in [-0.2, -0.15) is 0 Å². The number of amides is 2. The maximum absolute atomic E-state index is 11.8. The fourth-order valence-corrected chi connectivity index (χ4v) is 2.48. The fourth-order valence-electron chi connectivity index (χ4n) is 2.10. The third-order valence-electron chi connectivity index (χ3n) is 3.29. The molecule has 1 N–H and O–H groups in total. The van der Waals surface area contributed by atoms with E-state index in [9.17, 15) is 9.59 Å². The Hall–Kier alpha value is -2.00. The lowest BCUT2D eigenvalue weighted by Crippen LogP contribution is -2.32. The summed E-state index contributed by atoms with van der Waals surface area (Å²) < 4.78 is 6.40. The highest BCUT2D eigenvalue weighted by Crippen LogP contribution is 2.17. The molecule has 116 valence electrons. The van der Waals surface area contributed by atoms with Crippen molar-refractivity contribution in [1.29, 1.82) is 0 Å². The largest absolute Gasteiger partial charge is 0.481 e. The van der Waals surface area contributed by atoms with Crippen molar-refractivity contribution < 1.29 is 14.3 Å². The Morgan fingerprint density at radius 2 is 2.32 bits per heavy atom. The zero-order valence-electron chi connectivity index (χ0n) is 12.3. The van der Waals surface area contributed by atoms with E-state index in [1.54, 1.807) is 11.9 Å². The van der Waals surface area contributed by atoms with E-state index in [0.29, 0.717) is 6.54 Å². The van der Waals surface area contributed by atoms with Crippen LogP contribution in [0.2, 0.25) is 0 Å². The number of benzene rings is 1. The fraction of sp³-hybridized carbons (Fsp3) is 0.375. The zero-order valence-corrected chi connectivity index (χ0v) is 13.9. The maximum Gasteiger partial charge on any atom is 0.226 e. The van der Waals surface area contributed by atoms with Crippen LogP contribution in [0.3, 0.4) is 0 Å². The first-order valence-corrected chi connectivity index (χ1v) is 7.71. The van der Waals surface area contributed by atoms with Crippen LogP contribution < -0.4 is 10.1 Å². The van der Waals surface area contributed by atoms with E-state index in [4.69, 9.17) is 4.74 Å². The summed E-state index contributed by atoms with van der Waals surface area (Å²) in [6, 6.07) is 7.51. The molecule has 22 heavy (non-hydrogen) atoms. The van der Waals surface area contributed by atoms with Crippen molar-refractivity contribution in [2.45, 2.75) is 6.42 Å². The van der Waals surface area contributed by atoms with Crippen molar-refractivity contribution in [1.82, 2.24) is 10.2 Å². The average molecular weight is 365 g/mol. The Balaban J connectivity index is 1.67. The predicted molar refractivity (Wildman–Crippen MR) is 86.2 cm³/mol. The standard InChI is InChI=1S/C16H17BrN2O3/c1-19-11-12(9-15(19)20)16(21)18-7-2-3-8-22-14-6-4-5-13(17)10-14/h4-6,10,12H,7-9,11H2,1H3,(H,18,21). The second-order valence-corrected chi connectivity index (χ2v) is 5.91. The molecule has 1 aromatic carbocycles. The van der Waals surface area contributed by atoms with Crippen LogP contribution in [0.4, 0.5) is 0 Å². The molecule has 0 radical (unpaired) electrons. The Bertz CT molecular complexity index is 621. The summed E-state index contributed by atoms with van der Waals surface area (Å²) in [7, 11) is 1.70. The van der Waals surface area contributed by atoms with Crippen molar-refractivity contribution in [3.8, 4) is 17.6 Å². The number of likely N-dealkylation sites (tertiary alicyclic amines) is 1. The summed E-state index contributed by atoms with van der Waals surface area (Å²) in [5, 5.41) is 2.72. The Morgan fingerprint density at radius 1 is 1.50 bits per heavy atom. The van der Waals surface area contributed by atoms with E-state index in [2.05, 4.69) is 33.1 Å². The van der Waals surface area contributed by atoms with Gasteiger partial charge in [0, 0.05) is 24.5 Å². The molecule has 0 spiro atoms. The number of rotatable bonds is 4. The molecule has 5 nitrogen and oxygen atoms in total. The number of hydrogen-bond donors (Lipinski definition) is 1. The van der Waals surface area contributed by atoms with Gasteiger partial charge in [0.2, 0.25) is 11.8 Å². The van der Waals surface area contributed by atoms with Crippen molar-refractivity contribution >= 4 is 27.7 Å². The Kier molecular flexibility index (Phi) is 5.84. The van der Waals surface area contributed by atoms with Gasteiger partial charge in [0.15, 0.2) is 0 Å². The second kappa shape index (κ2) is 7.85. The summed E-state index contributed by atoms with van der Waals surface area (Å²) in [6.45, 7) is 0.996. The van der Waals surface area contributed by atoms with Crippen molar-refractivity contribution in [3.05, 3.63) is 28.7 Å². The van der Waals surface area contributed by atoms with Crippen LogP contribution in [-0.4, -0.2) is 43.5 Å². The minimum absolute atomic E-state index is 0.00801. The quantitative estimate of drug-likeness (QED) is 0.822. The molecule has 2 rings (SSSR count). The van der Waals surface area contributed by atoms with E-state index in [1.807, 2.05) is 24.3 Å². The number of nitrogens with zero attached hydrogens (tertiary/aromatic N) is 1. The summed E-state index contributed by atoms with van der Waals surface area (Å²) in [4.78, 5) is 24.8. The number of ether oxygens (including phenoxy) is 1. The number of nitrogens with one attached hydrogen (secondary N) is 1. The van der Waals surface area contributed by atoms with Gasteiger partial charge in [-0.05, 0) is 18.2 Å². The highest BCUT2D eigenvalue weighted by molar-refractivity contribution is 9.10. The van der Waals surface area contributed by atoms with Gasteiger partial charge in [-0.15, -0.1) is 0 Å². The lowest BCUT2D eigenvalue weighted by atomic mass is 10.1.